The molecule has 120 valence electrons. The molecule has 2 N–H and O–H groups in total. The number of hydrogen-bond donors (Lipinski definition) is 1. The highest BCUT2D eigenvalue weighted by Crippen LogP contribution is 2.41. The maximum atomic E-state index is 6.06. The van der Waals surface area contributed by atoms with Crippen LogP contribution in [0.3, 0.4) is 0 Å². The van der Waals surface area contributed by atoms with Gasteiger partial charge in [-0.05, 0) is 56.9 Å². The average Bonchev–Trinajstić information content (AvgIpc) is 2.37. The molecular formula is C17H36N2O. The van der Waals surface area contributed by atoms with Crippen molar-refractivity contribution >= 4 is 0 Å². The van der Waals surface area contributed by atoms with Gasteiger partial charge in [0.1, 0.15) is 0 Å². The van der Waals surface area contributed by atoms with E-state index >= 15 is 0 Å². The van der Waals surface area contributed by atoms with Gasteiger partial charge in [-0.25, -0.2) is 0 Å². The van der Waals surface area contributed by atoms with Crippen molar-refractivity contribution in [1.29, 1.82) is 0 Å². The Hall–Kier alpha value is -0.120. The third kappa shape index (κ3) is 4.71. The maximum absolute atomic E-state index is 6.06. The van der Waals surface area contributed by atoms with Gasteiger partial charge >= 0.3 is 0 Å². The summed E-state index contributed by atoms with van der Waals surface area (Å²) in [5.74, 6) is 1.45. The summed E-state index contributed by atoms with van der Waals surface area (Å²) in [4.78, 5) is 2.62. The van der Waals surface area contributed by atoms with Crippen LogP contribution in [-0.2, 0) is 4.74 Å². The zero-order valence-electron chi connectivity index (χ0n) is 14.5. The normalized spacial score (nSPS) is 28.4. The summed E-state index contributed by atoms with van der Waals surface area (Å²) in [5, 5.41) is 0. The molecule has 0 aromatic carbocycles. The van der Waals surface area contributed by atoms with E-state index in [0.29, 0.717) is 23.4 Å². The molecule has 0 amide bonds. The van der Waals surface area contributed by atoms with E-state index in [-0.39, 0.29) is 0 Å². The van der Waals surface area contributed by atoms with Gasteiger partial charge in [0.25, 0.3) is 0 Å². The van der Waals surface area contributed by atoms with Gasteiger partial charge in [-0.1, -0.05) is 20.8 Å². The van der Waals surface area contributed by atoms with Crippen molar-refractivity contribution in [3.8, 4) is 0 Å². The van der Waals surface area contributed by atoms with E-state index in [0.717, 1.165) is 25.6 Å². The summed E-state index contributed by atoms with van der Waals surface area (Å²) in [6.07, 6.45) is 3.89. The molecule has 0 heterocycles. The fraction of sp³-hybridized carbons (Fsp3) is 1.00. The Morgan fingerprint density at radius 1 is 1.25 bits per heavy atom. The topological polar surface area (TPSA) is 38.5 Å². The van der Waals surface area contributed by atoms with Crippen LogP contribution < -0.4 is 5.73 Å². The largest absolute Gasteiger partial charge is 0.383 e. The second-order valence-electron chi connectivity index (χ2n) is 7.76. The summed E-state index contributed by atoms with van der Waals surface area (Å²) >= 11 is 0. The van der Waals surface area contributed by atoms with Crippen LogP contribution in [0.15, 0.2) is 0 Å². The third-order valence-electron chi connectivity index (χ3n) is 5.13. The summed E-state index contributed by atoms with van der Waals surface area (Å²) in [6, 6.07) is 1.18. The first kappa shape index (κ1) is 17.9. The lowest BCUT2D eigenvalue weighted by molar-refractivity contribution is 0.0140. The molecule has 0 spiro atoms. The Labute approximate surface area is 126 Å². The summed E-state index contributed by atoms with van der Waals surface area (Å²) in [6.45, 7) is 14.4. The Kier molecular flexibility index (Phi) is 6.96. The van der Waals surface area contributed by atoms with E-state index < -0.39 is 0 Å². The molecule has 0 bridgehead atoms. The van der Waals surface area contributed by atoms with Crippen molar-refractivity contribution in [2.75, 3.05) is 26.8 Å². The van der Waals surface area contributed by atoms with Gasteiger partial charge in [-0.2, -0.15) is 0 Å². The Balaban J connectivity index is 2.82. The SMILES string of the molecule is COCCN(C(C)C)C1CC(C(C)(C)C)CCC1CN. The predicted molar refractivity (Wildman–Crippen MR) is 86.8 cm³/mol. The molecule has 20 heavy (non-hydrogen) atoms. The number of nitrogens with two attached hydrogens (primary N) is 1. The van der Waals surface area contributed by atoms with E-state index in [1.807, 2.05) is 0 Å². The molecule has 0 radical (unpaired) electrons. The molecule has 0 aromatic heterocycles. The van der Waals surface area contributed by atoms with Crippen LogP contribution in [0.5, 0.6) is 0 Å². The third-order valence-corrected chi connectivity index (χ3v) is 5.13. The number of methoxy groups -OCH3 is 1. The van der Waals surface area contributed by atoms with E-state index in [1.54, 1.807) is 7.11 Å². The summed E-state index contributed by atoms with van der Waals surface area (Å²) in [5.41, 5.74) is 6.46. The van der Waals surface area contributed by atoms with Crippen LogP contribution in [0.25, 0.3) is 0 Å². The van der Waals surface area contributed by atoms with E-state index in [2.05, 4.69) is 39.5 Å². The van der Waals surface area contributed by atoms with E-state index in [9.17, 15) is 0 Å². The molecule has 1 saturated carbocycles. The highest BCUT2D eigenvalue weighted by molar-refractivity contribution is 4.92. The monoisotopic (exact) mass is 284 g/mol. The first-order chi connectivity index (χ1) is 9.31. The van der Waals surface area contributed by atoms with Crippen molar-refractivity contribution < 1.29 is 4.74 Å². The smallest absolute Gasteiger partial charge is 0.0589 e. The van der Waals surface area contributed by atoms with Gasteiger partial charge < -0.3 is 10.5 Å². The summed E-state index contributed by atoms with van der Waals surface area (Å²) < 4.78 is 5.30. The zero-order chi connectivity index (χ0) is 15.3. The molecule has 1 rings (SSSR count). The van der Waals surface area contributed by atoms with Gasteiger partial charge in [0.15, 0.2) is 0 Å². The standard InChI is InChI=1S/C17H36N2O/c1-13(2)19(9-10-20-6)16-11-15(17(3,4)5)8-7-14(16)12-18/h13-16H,7-12,18H2,1-6H3. The van der Waals surface area contributed by atoms with Crippen molar-refractivity contribution in [1.82, 2.24) is 4.90 Å². The van der Waals surface area contributed by atoms with Crippen molar-refractivity contribution in [2.45, 2.75) is 66.0 Å². The van der Waals surface area contributed by atoms with Crippen LogP contribution >= 0.6 is 0 Å². The molecule has 0 aromatic rings. The first-order valence-corrected chi connectivity index (χ1v) is 8.26. The van der Waals surface area contributed by atoms with Gasteiger partial charge in [-0.3, -0.25) is 4.90 Å². The maximum Gasteiger partial charge on any atom is 0.0589 e. The fourth-order valence-corrected chi connectivity index (χ4v) is 3.68. The van der Waals surface area contributed by atoms with Crippen molar-refractivity contribution in [3.63, 3.8) is 0 Å². The molecule has 1 aliphatic carbocycles. The minimum absolute atomic E-state index is 0.404. The lowest BCUT2D eigenvalue weighted by atomic mass is 9.67. The zero-order valence-corrected chi connectivity index (χ0v) is 14.5. The van der Waals surface area contributed by atoms with Gasteiger partial charge in [0.05, 0.1) is 6.61 Å². The van der Waals surface area contributed by atoms with Gasteiger partial charge in [0, 0.05) is 25.7 Å². The lowest BCUT2D eigenvalue weighted by Crippen LogP contribution is -2.52. The van der Waals surface area contributed by atoms with Gasteiger partial charge in [-0.15, -0.1) is 0 Å². The Bertz CT molecular complexity index is 273. The molecular weight excluding hydrogens is 248 g/mol. The second-order valence-corrected chi connectivity index (χ2v) is 7.76. The molecule has 1 fully saturated rings. The quantitative estimate of drug-likeness (QED) is 0.814. The van der Waals surface area contributed by atoms with E-state index in [4.69, 9.17) is 10.5 Å². The number of rotatable bonds is 6. The molecule has 1 aliphatic rings. The molecule has 3 nitrogen and oxygen atoms in total. The minimum atomic E-state index is 0.404. The van der Waals surface area contributed by atoms with E-state index in [1.165, 1.54) is 19.3 Å². The fourth-order valence-electron chi connectivity index (χ4n) is 3.68. The second kappa shape index (κ2) is 7.77. The molecule has 0 saturated heterocycles. The minimum Gasteiger partial charge on any atom is -0.383 e. The van der Waals surface area contributed by atoms with Crippen LogP contribution in [0.2, 0.25) is 0 Å². The highest BCUT2D eigenvalue weighted by atomic mass is 16.5. The molecule has 0 aliphatic heterocycles. The van der Waals surface area contributed by atoms with Crippen LogP contribution in [0.1, 0.15) is 53.9 Å². The van der Waals surface area contributed by atoms with Crippen LogP contribution in [0.4, 0.5) is 0 Å². The summed E-state index contributed by atoms with van der Waals surface area (Å²) in [7, 11) is 1.79. The Morgan fingerprint density at radius 2 is 1.90 bits per heavy atom. The van der Waals surface area contributed by atoms with Crippen LogP contribution in [-0.4, -0.2) is 43.8 Å². The van der Waals surface area contributed by atoms with Crippen LogP contribution in [0, 0.1) is 17.3 Å². The van der Waals surface area contributed by atoms with Crippen molar-refractivity contribution in [3.05, 3.63) is 0 Å². The number of nitrogens with zero attached hydrogens (tertiary/aromatic N) is 1. The molecule has 3 heteroatoms. The predicted octanol–water partition coefficient (Wildman–Crippen LogP) is 3.13. The lowest BCUT2D eigenvalue weighted by Gasteiger charge is -2.47. The number of ether oxygens (including phenoxy) is 1. The highest BCUT2D eigenvalue weighted by Gasteiger charge is 2.38. The van der Waals surface area contributed by atoms with Gasteiger partial charge in [0.2, 0.25) is 0 Å². The van der Waals surface area contributed by atoms with Crippen molar-refractivity contribution in [2.24, 2.45) is 23.0 Å². The first-order valence-electron chi connectivity index (χ1n) is 8.26. The molecule has 3 unspecified atom stereocenters. The molecule has 3 atom stereocenters. The average molecular weight is 284 g/mol. The number of hydrogen-bond acceptors (Lipinski definition) is 3. The Morgan fingerprint density at radius 3 is 2.35 bits per heavy atom.